The number of nitrogens with zero attached hydrogens (tertiary/aromatic N) is 1. The summed E-state index contributed by atoms with van der Waals surface area (Å²) >= 11 is 0. The summed E-state index contributed by atoms with van der Waals surface area (Å²) in [5.41, 5.74) is 5.97. The zero-order chi connectivity index (χ0) is 11.1. The molecule has 1 amide bonds. The monoisotopic (exact) mass is 223 g/mol. The van der Waals surface area contributed by atoms with Gasteiger partial charge < -0.3 is 20.3 Å². The molecule has 1 aliphatic carbocycles. The second-order valence-electron chi connectivity index (χ2n) is 4.24. The van der Waals surface area contributed by atoms with E-state index in [1.807, 2.05) is 0 Å². The number of hydrogen-bond acceptors (Lipinski definition) is 5. The highest BCUT2D eigenvalue weighted by atomic mass is 16.5. The van der Waals surface area contributed by atoms with E-state index in [2.05, 4.69) is 10.5 Å². The van der Waals surface area contributed by atoms with Gasteiger partial charge in [-0.3, -0.25) is 4.79 Å². The number of carbonyl (C=O) groups is 1. The Hall–Kier alpha value is -1.40. The van der Waals surface area contributed by atoms with Gasteiger partial charge in [-0.15, -0.1) is 0 Å². The molecule has 3 N–H and O–H groups in total. The summed E-state index contributed by atoms with van der Waals surface area (Å²) in [6.45, 7) is 0.734. The summed E-state index contributed by atoms with van der Waals surface area (Å²) in [4.78, 5) is 11.7. The first-order valence-electron chi connectivity index (χ1n) is 5.36. The van der Waals surface area contributed by atoms with Crippen molar-refractivity contribution < 1.29 is 14.1 Å². The molecule has 2 fully saturated rings. The van der Waals surface area contributed by atoms with E-state index >= 15 is 0 Å². The van der Waals surface area contributed by atoms with Crippen LogP contribution in [0.5, 0.6) is 0 Å². The molecule has 6 nitrogen and oxygen atoms in total. The van der Waals surface area contributed by atoms with Crippen molar-refractivity contribution in [3.8, 4) is 0 Å². The second kappa shape index (κ2) is 3.57. The smallest absolute Gasteiger partial charge is 0.290 e. The molecule has 1 aliphatic heterocycles. The maximum absolute atomic E-state index is 11.7. The SMILES string of the molecule is NC1C2CCOC2C1NC(=O)c1ccno1. The van der Waals surface area contributed by atoms with E-state index in [4.69, 9.17) is 15.0 Å². The average Bonchev–Trinajstić information content (AvgIpc) is 2.94. The van der Waals surface area contributed by atoms with Gasteiger partial charge in [0.05, 0.1) is 18.3 Å². The number of rotatable bonds is 2. The van der Waals surface area contributed by atoms with Crippen molar-refractivity contribution in [2.45, 2.75) is 24.6 Å². The van der Waals surface area contributed by atoms with E-state index in [-0.39, 0.29) is 29.9 Å². The highest BCUT2D eigenvalue weighted by molar-refractivity contribution is 5.91. The number of nitrogens with two attached hydrogens (primary N) is 1. The molecular formula is C10H13N3O3. The van der Waals surface area contributed by atoms with E-state index < -0.39 is 0 Å². The first-order valence-corrected chi connectivity index (χ1v) is 5.36. The third-order valence-corrected chi connectivity index (χ3v) is 3.41. The number of amides is 1. The minimum absolute atomic E-state index is 0.0145. The summed E-state index contributed by atoms with van der Waals surface area (Å²) in [5, 5.41) is 6.30. The molecule has 6 heteroatoms. The van der Waals surface area contributed by atoms with E-state index in [0.717, 1.165) is 13.0 Å². The molecule has 0 spiro atoms. The van der Waals surface area contributed by atoms with Crippen molar-refractivity contribution in [2.75, 3.05) is 6.61 Å². The molecule has 1 saturated heterocycles. The van der Waals surface area contributed by atoms with E-state index in [1.54, 1.807) is 0 Å². The first-order chi connectivity index (χ1) is 7.77. The van der Waals surface area contributed by atoms with Crippen LogP contribution in [0.3, 0.4) is 0 Å². The van der Waals surface area contributed by atoms with Crippen LogP contribution < -0.4 is 11.1 Å². The van der Waals surface area contributed by atoms with Gasteiger partial charge in [0.1, 0.15) is 0 Å². The van der Waals surface area contributed by atoms with Crippen molar-refractivity contribution >= 4 is 5.91 Å². The van der Waals surface area contributed by atoms with Gasteiger partial charge in [0, 0.05) is 24.6 Å². The number of nitrogens with one attached hydrogen (secondary N) is 1. The van der Waals surface area contributed by atoms with Crippen LogP contribution in [0.4, 0.5) is 0 Å². The van der Waals surface area contributed by atoms with Crippen molar-refractivity contribution in [3.05, 3.63) is 18.0 Å². The van der Waals surface area contributed by atoms with E-state index in [1.165, 1.54) is 12.3 Å². The summed E-state index contributed by atoms with van der Waals surface area (Å²) < 4.78 is 10.3. The van der Waals surface area contributed by atoms with Crippen LogP contribution in [0.2, 0.25) is 0 Å². The molecule has 0 bridgehead atoms. The van der Waals surface area contributed by atoms with Crippen LogP contribution in [0.1, 0.15) is 17.0 Å². The van der Waals surface area contributed by atoms with Gasteiger partial charge in [0.15, 0.2) is 0 Å². The highest BCUT2D eigenvalue weighted by Gasteiger charge is 2.52. The van der Waals surface area contributed by atoms with Gasteiger partial charge in [0.2, 0.25) is 5.76 Å². The van der Waals surface area contributed by atoms with Gasteiger partial charge in [-0.1, -0.05) is 5.16 Å². The first kappa shape index (κ1) is 9.80. The number of hydrogen-bond donors (Lipinski definition) is 2. The molecule has 16 heavy (non-hydrogen) atoms. The van der Waals surface area contributed by atoms with Crippen molar-refractivity contribution in [1.82, 2.24) is 10.5 Å². The minimum atomic E-state index is -0.285. The third kappa shape index (κ3) is 1.34. The molecule has 2 aliphatic rings. The number of fused-ring (bicyclic) bond motifs is 1. The largest absolute Gasteiger partial charge is 0.376 e. The van der Waals surface area contributed by atoms with Crippen molar-refractivity contribution in [3.63, 3.8) is 0 Å². The van der Waals surface area contributed by atoms with E-state index in [0.29, 0.717) is 5.92 Å². The Morgan fingerprint density at radius 3 is 3.25 bits per heavy atom. The van der Waals surface area contributed by atoms with Gasteiger partial charge in [-0.25, -0.2) is 0 Å². The van der Waals surface area contributed by atoms with Crippen LogP contribution in [-0.4, -0.2) is 35.9 Å². The average molecular weight is 223 g/mol. The Kier molecular flexibility index (Phi) is 2.19. The predicted molar refractivity (Wildman–Crippen MR) is 53.6 cm³/mol. The summed E-state index contributed by atoms with van der Waals surface area (Å²) in [6, 6.07) is 1.40. The Morgan fingerprint density at radius 2 is 2.50 bits per heavy atom. The Bertz CT molecular complexity index is 392. The lowest BCUT2D eigenvalue weighted by Crippen LogP contribution is -2.68. The zero-order valence-electron chi connectivity index (χ0n) is 8.63. The topological polar surface area (TPSA) is 90.4 Å². The van der Waals surface area contributed by atoms with Gasteiger partial charge in [0.25, 0.3) is 5.91 Å². The van der Waals surface area contributed by atoms with Gasteiger partial charge in [-0.05, 0) is 6.42 Å². The predicted octanol–water partition coefficient (Wildman–Crippen LogP) is -0.481. The lowest BCUT2D eigenvalue weighted by molar-refractivity contribution is -0.0165. The second-order valence-corrected chi connectivity index (χ2v) is 4.24. The van der Waals surface area contributed by atoms with Crippen LogP contribution in [0, 0.1) is 5.92 Å². The maximum Gasteiger partial charge on any atom is 0.290 e. The zero-order valence-corrected chi connectivity index (χ0v) is 8.63. The normalized spacial score (nSPS) is 36.6. The van der Waals surface area contributed by atoms with Crippen LogP contribution >= 0.6 is 0 Å². The molecule has 1 aromatic heterocycles. The minimum Gasteiger partial charge on any atom is -0.376 e. The molecule has 0 aromatic carbocycles. The molecule has 2 heterocycles. The van der Waals surface area contributed by atoms with Crippen LogP contribution in [-0.2, 0) is 4.74 Å². The standard InChI is InChI=1S/C10H13N3O3/c11-7-5-2-4-15-9(5)8(7)13-10(14)6-1-3-12-16-6/h1,3,5,7-9H,2,4,11H2,(H,13,14). The van der Waals surface area contributed by atoms with Gasteiger partial charge in [-0.2, -0.15) is 0 Å². The van der Waals surface area contributed by atoms with Crippen molar-refractivity contribution in [2.24, 2.45) is 11.7 Å². The Balaban J connectivity index is 1.65. The lowest BCUT2D eigenvalue weighted by Gasteiger charge is -2.45. The molecule has 3 rings (SSSR count). The molecule has 1 saturated carbocycles. The molecule has 1 aromatic rings. The van der Waals surface area contributed by atoms with Crippen LogP contribution in [0.25, 0.3) is 0 Å². The fourth-order valence-electron chi connectivity index (χ4n) is 2.48. The maximum atomic E-state index is 11.7. The van der Waals surface area contributed by atoms with E-state index in [9.17, 15) is 4.79 Å². The fraction of sp³-hybridized carbons (Fsp3) is 0.600. The third-order valence-electron chi connectivity index (χ3n) is 3.41. The molecule has 4 unspecified atom stereocenters. The highest BCUT2D eigenvalue weighted by Crippen LogP contribution is 2.37. The molecule has 86 valence electrons. The number of ether oxygens (including phenoxy) is 1. The molecule has 4 atom stereocenters. The Labute approximate surface area is 92.1 Å². The lowest BCUT2D eigenvalue weighted by atomic mass is 9.72. The number of aromatic nitrogens is 1. The summed E-state index contributed by atoms with van der Waals surface area (Å²) in [6.07, 6.45) is 2.49. The quantitative estimate of drug-likeness (QED) is 0.706. The molecule has 0 radical (unpaired) electrons. The summed E-state index contributed by atoms with van der Waals surface area (Å²) in [7, 11) is 0. The fourth-order valence-corrected chi connectivity index (χ4v) is 2.48. The number of carbonyl (C=O) groups excluding carboxylic acids is 1. The van der Waals surface area contributed by atoms with Crippen LogP contribution in [0.15, 0.2) is 16.8 Å². The van der Waals surface area contributed by atoms with Crippen molar-refractivity contribution in [1.29, 1.82) is 0 Å². The van der Waals surface area contributed by atoms with Gasteiger partial charge >= 0.3 is 0 Å². The molecular weight excluding hydrogens is 210 g/mol. The summed E-state index contributed by atoms with van der Waals surface area (Å²) in [5.74, 6) is 0.306. The Morgan fingerprint density at radius 1 is 1.62 bits per heavy atom.